The van der Waals surface area contributed by atoms with Gasteiger partial charge in [0.2, 0.25) is 0 Å². The molecule has 0 spiro atoms. The van der Waals surface area contributed by atoms with Gasteiger partial charge in [-0.3, -0.25) is 14.2 Å². The predicted octanol–water partition coefficient (Wildman–Crippen LogP) is 6.41. The average Bonchev–Trinajstić information content (AvgIpc) is 3.84. The van der Waals surface area contributed by atoms with Crippen LogP contribution in [0.5, 0.6) is 5.75 Å². The number of halogens is 2. The third-order valence-corrected chi connectivity index (χ3v) is 8.98. The Morgan fingerprint density at radius 1 is 1.00 bits per heavy atom. The summed E-state index contributed by atoms with van der Waals surface area (Å²) in [5.74, 6) is -0.508. The van der Waals surface area contributed by atoms with Crippen molar-refractivity contribution in [2.45, 2.75) is 31.1 Å². The van der Waals surface area contributed by atoms with Crippen LogP contribution in [0.1, 0.15) is 46.0 Å². The summed E-state index contributed by atoms with van der Waals surface area (Å²) in [7, 11) is 0. The number of aromatic nitrogens is 3. The van der Waals surface area contributed by atoms with Crippen LogP contribution in [0.2, 0.25) is 0 Å². The van der Waals surface area contributed by atoms with E-state index >= 15 is 0 Å². The Morgan fingerprint density at radius 3 is 2.52 bits per heavy atom. The number of nitrogens with one attached hydrogen (secondary N) is 1. The first-order valence-electron chi connectivity index (χ1n) is 14.4. The van der Waals surface area contributed by atoms with Crippen LogP contribution >= 0.6 is 23.1 Å². The summed E-state index contributed by atoms with van der Waals surface area (Å²) in [6, 6.07) is 22.3. The molecule has 1 N–H and O–H groups in total. The third-order valence-electron chi connectivity index (χ3n) is 7.15. The summed E-state index contributed by atoms with van der Waals surface area (Å²) in [4.78, 5) is 27.4. The van der Waals surface area contributed by atoms with Crippen LogP contribution in [0.15, 0.2) is 101 Å². The monoisotopic (exact) mass is 658 g/mol. The standard InChI is InChI=1S/C33H28F2N6O3S2/c1-2-44-26-14-12-25(13-15-26)40-30(19-36-32(43)22-5-3-6-24(35)17-22)37-38-33(40)46-20-31(42)41-28(21-8-10-23(34)11-9-21)18-27(39-41)29-7-4-16-45-29/h3-17,28H,2,18-20H2,1H3,(H,36,43). The SMILES string of the molecule is CCOc1ccc(-n2c(CNC(=O)c3cccc(F)c3)nnc2SCC(=O)N2N=C(c3cccs3)CC2c2ccc(F)cc2)cc1. The van der Waals surface area contributed by atoms with E-state index in [1.54, 1.807) is 28.0 Å². The first-order valence-corrected chi connectivity index (χ1v) is 16.3. The van der Waals surface area contributed by atoms with Crippen molar-refractivity contribution in [2.24, 2.45) is 5.10 Å². The molecule has 3 heterocycles. The van der Waals surface area contributed by atoms with Gasteiger partial charge in [0, 0.05) is 17.7 Å². The number of thioether (sulfide) groups is 1. The highest BCUT2D eigenvalue weighted by Gasteiger charge is 2.33. The molecular weight excluding hydrogens is 631 g/mol. The average molecular weight is 659 g/mol. The molecular formula is C33H28F2N6O3S2. The number of hydrazone groups is 1. The molecule has 13 heteroatoms. The Kier molecular flexibility index (Phi) is 9.50. The molecule has 0 bridgehead atoms. The number of amides is 2. The zero-order valence-corrected chi connectivity index (χ0v) is 26.2. The highest BCUT2D eigenvalue weighted by atomic mass is 32.2. The molecule has 5 aromatic rings. The molecule has 234 valence electrons. The number of nitrogens with zero attached hydrogens (tertiary/aromatic N) is 5. The van der Waals surface area contributed by atoms with E-state index < -0.39 is 11.7 Å². The third kappa shape index (κ3) is 7.00. The molecule has 9 nitrogen and oxygen atoms in total. The first kappa shape index (κ1) is 31.1. The quantitative estimate of drug-likeness (QED) is 0.165. The van der Waals surface area contributed by atoms with E-state index in [0.29, 0.717) is 35.4 Å². The van der Waals surface area contributed by atoms with E-state index in [1.165, 1.54) is 47.1 Å². The maximum absolute atomic E-state index is 13.7. The first-order chi connectivity index (χ1) is 22.4. The van der Waals surface area contributed by atoms with E-state index in [2.05, 4.69) is 15.5 Å². The van der Waals surface area contributed by atoms with Crippen molar-refractivity contribution in [3.63, 3.8) is 0 Å². The zero-order valence-electron chi connectivity index (χ0n) is 24.6. The second-order valence-corrected chi connectivity index (χ2v) is 12.1. The lowest BCUT2D eigenvalue weighted by Gasteiger charge is -2.22. The lowest BCUT2D eigenvalue weighted by molar-refractivity contribution is -0.130. The topological polar surface area (TPSA) is 102 Å². The van der Waals surface area contributed by atoms with Gasteiger partial charge in [0.05, 0.1) is 35.5 Å². The number of benzene rings is 3. The normalized spacial score (nSPS) is 14.3. The van der Waals surface area contributed by atoms with Crippen LogP contribution < -0.4 is 10.1 Å². The second-order valence-electron chi connectivity index (χ2n) is 10.2. The lowest BCUT2D eigenvalue weighted by Crippen LogP contribution is -2.28. The molecule has 1 aliphatic heterocycles. The number of hydrogen-bond donors (Lipinski definition) is 1. The van der Waals surface area contributed by atoms with Gasteiger partial charge in [0.1, 0.15) is 17.4 Å². The molecule has 46 heavy (non-hydrogen) atoms. The van der Waals surface area contributed by atoms with Crippen molar-refractivity contribution >= 4 is 40.6 Å². The van der Waals surface area contributed by atoms with Crippen molar-refractivity contribution in [3.05, 3.63) is 124 Å². The summed E-state index contributed by atoms with van der Waals surface area (Å²) in [5.41, 5.74) is 2.44. The van der Waals surface area contributed by atoms with Crippen molar-refractivity contribution < 1.29 is 23.1 Å². The van der Waals surface area contributed by atoms with Crippen LogP contribution in [0.4, 0.5) is 8.78 Å². The minimum atomic E-state index is -0.514. The molecule has 2 aromatic heterocycles. The molecule has 0 fully saturated rings. The van der Waals surface area contributed by atoms with Gasteiger partial charge in [-0.1, -0.05) is 36.0 Å². The van der Waals surface area contributed by atoms with Gasteiger partial charge in [-0.2, -0.15) is 5.10 Å². The van der Waals surface area contributed by atoms with Gasteiger partial charge in [0.25, 0.3) is 11.8 Å². The van der Waals surface area contributed by atoms with Gasteiger partial charge in [-0.25, -0.2) is 13.8 Å². The molecule has 0 saturated carbocycles. The minimum absolute atomic E-state index is 0.00268. The van der Waals surface area contributed by atoms with E-state index in [-0.39, 0.29) is 35.6 Å². The van der Waals surface area contributed by atoms with Crippen LogP contribution in [0, 0.1) is 11.6 Å². The van der Waals surface area contributed by atoms with Crippen LogP contribution in [0.3, 0.4) is 0 Å². The molecule has 0 aliphatic carbocycles. The largest absolute Gasteiger partial charge is 0.494 e. The Balaban J connectivity index is 1.24. The van der Waals surface area contributed by atoms with Crippen LogP contribution in [-0.2, 0) is 11.3 Å². The summed E-state index contributed by atoms with van der Waals surface area (Å²) in [6.07, 6.45) is 0.500. The van der Waals surface area contributed by atoms with E-state index in [1.807, 2.05) is 48.7 Å². The number of thiophene rings is 1. The van der Waals surface area contributed by atoms with Gasteiger partial charge in [-0.05, 0) is 78.5 Å². The van der Waals surface area contributed by atoms with Crippen LogP contribution in [0.25, 0.3) is 5.69 Å². The van der Waals surface area contributed by atoms with Crippen LogP contribution in [-0.4, -0.2) is 49.7 Å². The number of carbonyl (C=O) groups is 2. The van der Waals surface area contributed by atoms with E-state index in [0.717, 1.165) is 22.2 Å². The Labute approximate surface area is 271 Å². The summed E-state index contributed by atoms with van der Waals surface area (Å²) < 4.78 is 34.7. The fourth-order valence-electron chi connectivity index (χ4n) is 4.99. The van der Waals surface area contributed by atoms with E-state index in [9.17, 15) is 18.4 Å². The number of hydrogen-bond acceptors (Lipinski definition) is 8. The minimum Gasteiger partial charge on any atom is -0.494 e. The Morgan fingerprint density at radius 2 is 1.80 bits per heavy atom. The molecule has 1 aliphatic rings. The Bertz CT molecular complexity index is 1860. The maximum Gasteiger partial charge on any atom is 0.253 e. The van der Waals surface area contributed by atoms with Gasteiger partial charge in [0.15, 0.2) is 11.0 Å². The van der Waals surface area contributed by atoms with Crippen molar-refractivity contribution in [2.75, 3.05) is 12.4 Å². The fourth-order valence-corrected chi connectivity index (χ4v) is 6.53. The maximum atomic E-state index is 13.7. The highest BCUT2D eigenvalue weighted by molar-refractivity contribution is 7.99. The number of ether oxygens (including phenoxy) is 1. The lowest BCUT2D eigenvalue weighted by atomic mass is 10.0. The molecule has 1 atom stereocenters. The number of rotatable bonds is 11. The highest BCUT2D eigenvalue weighted by Crippen LogP contribution is 2.35. The molecule has 2 amide bonds. The summed E-state index contributed by atoms with van der Waals surface area (Å²) >= 11 is 2.72. The van der Waals surface area contributed by atoms with E-state index in [4.69, 9.17) is 9.84 Å². The smallest absolute Gasteiger partial charge is 0.253 e. The molecule has 0 saturated heterocycles. The van der Waals surface area contributed by atoms with Crippen molar-refractivity contribution in [1.82, 2.24) is 25.1 Å². The molecule has 1 unspecified atom stereocenters. The van der Waals surface area contributed by atoms with Crippen molar-refractivity contribution in [1.29, 1.82) is 0 Å². The fraction of sp³-hybridized carbons (Fsp3) is 0.182. The Hall–Kier alpha value is -4.88. The van der Waals surface area contributed by atoms with Crippen molar-refractivity contribution in [3.8, 4) is 11.4 Å². The van der Waals surface area contributed by atoms with Gasteiger partial charge >= 0.3 is 0 Å². The number of carbonyl (C=O) groups excluding carboxylic acids is 2. The molecule has 3 aromatic carbocycles. The zero-order chi connectivity index (χ0) is 32.0. The molecule has 6 rings (SSSR count). The second kappa shape index (κ2) is 14.0. The summed E-state index contributed by atoms with van der Waals surface area (Å²) in [5, 5.41) is 20.0. The molecule has 0 radical (unpaired) electrons. The van der Waals surface area contributed by atoms with Gasteiger partial charge in [-0.15, -0.1) is 21.5 Å². The predicted molar refractivity (Wildman–Crippen MR) is 172 cm³/mol. The van der Waals surface area contributed by atoms with Gasteiger partial charge < -0.3 is 10.1 Å². The summed E-state index contributed by atoms with van der Waals surface area (Å²) in [6.45, 7) is 2.41.